The number of aliphatic hydroxyl groups excluding tert-OH is 1. The maximum Gasteiger partial charge on any atom is 0.314 e. The number of amides is 3. The van der Waals surface area contributed by atoms with Gasteiger partial charge in [0.15, 0.2) is 0 Å². The molecule has 0 saturated carbocycles. The molecular weight excluding hydrogens is 360 g/mol. The van der Waals surface area contributed by atoms with Gasteiger partial charge in [0.2, 0.25) is 5.91 Å². The second kappa shape index (κ2) is 14.6. The van der Waals surface area contributed by atoms with E-state index in [9.17, 15) is 14.4 Å². The predicted molar refractivity (Wildman–Crippen MR) is 102 cm³/mol. The molecule has 3 amide bonds. The van der Waals surface area contributed by atoms with Crippen molar-refractivity contribution in [3.05, 3.63) is 0 Å². The summed E-state index contributed by atoms with van der Waals surface area (Å²) in [5.41, 5.74) is 5.15. The van der Waals surface area contributed by atoms with Gasteiger partial charge in [-0.25, -0.2) is 4.79 Å². The third-order valence-corrected chi connectivity index (χ3v) is 4.71. The van der Waals surface area contributed by atoms with Crippen LogP contribution in [0.15, 0.2) is 0 Å². The lowest BCUT2D eigenvalue weighted by Crippen LogP contribution is -2.40. The van der Waals surface area contributed by atoms with Gasteiger partial charge in [0.1, 0.15) is 12.8 Å². The maximum absolute atomic E-state index is 11.7. The van der Waals surface area contributed by atoms with Gasteiger partial charge in [0.05, 0.1) is 19.0 Å². The van der Waals surface area contributed by atoms with E-state index < -0.39 is 6.23 Å². The monoisotopic (exact) mass is 392 g/mol. The van der Waals surface area contributed by atoms with Crippen LogP contribution in [0.25, 0.3) is 0 Å². The lowest BCUT2D eigenvalue weighted by molar-refractivity contribution is -0.147. The van der Waals surface area contributed by atoms with Crippen LogP contribution in [0, 0.1) is 11.8 Å². The number of urea groups is 1. The van der Waals surface area contributed by atoms with Crippen LogP contribution in [0.3, 0.4) is 0 Å². The Labute approximate surface area is 159 Å². The first-order valence-electron chi connectivity index (χ1n) is 8.75. The van der Waals surface area contributed by atoms with Gasteiger partial charge in [0.25, 0.3) is 0 Å². The standard InChI is InChI=1S/C16H32N4O5S/c1-4-11(2)15(23)25-7-5-18-16(24)19-6-8-26-10-12(3)14(22)20-9-13(17)21/h11-13,21H,4-10,17H2,1-3H3,(H,20,22)(H2,18,19,24). The van der Waals surface area contributed by atoms with Crippen LogP contribution in [0.2, 0.25) is 0 Å². The second-order valence-electron chi connectivity index (χ2n) is 5.95. The molecule has 10 heteroatoms. The van der Waals surface area contributed by atoms with Crippen LogP contribution in [0.5, 0.6) is 0 Å². The molecule has 0 radical (unpaired) electrons. The number of hydrogen-bond donors (Lipinski definition) is 5. The summed E-state index contributed by atoms with van der Waals surface area (Å²) in [7, 11) is 0. The molecule has 0 bridgehead atoms. The number of thioether (sulfide) groups is 1. The minimum absolute atomic E-state index is 0.0300. The molecule has 0 saturated heterocycles. The van der Waals surface area contributed by atoms with Gasteiger partial charge in [0, 0.05) is 24.0 Å². The van der Waals surface area contributed by atoms with Gasteiger partial charge < -0.3 is 31.5 Å². The highest BCUT2D eigenvalue weighted by Gasteiger charge is 2.13. The molecule has 0 spiro atoms. The van der Waals surface area contributed by atoms with Gasteiger partial charge >= 0.3 is 12.0 Å². The molecule has 0 aliphatic rings. The van der Waals surface area contributed by atoms with Crippen molar-refractivity contribution >= 4 is 29.7 Å². The molecule has 3 atom stereocenters. The van der Waals surface area contributed by atoms with Gasteiger partial charge in [-0.15, -0.1) is 0 Å². The number of hydrogen-bond acceptors (Lipinski definition) is 7. The number of ether oxygens (including phenoxy) is 1. The highest BCUT2D eigenvalue weighted by molar-refractivity contribution is 7.99. The summed E-state index contributed by atoms with van der Waals surface area (Å²) in [4.78, 5) is 34.7. The zero-order chi connectivity index (χ0) is 19.9. The number of esters is 1. The number of nitrogens with one attached hydrogen (secondary N) is 3. The molecule has 0 aromatic rings. The first-order valence-corrected chi connectivity index (χ1v) is 9.90. The first-order chi connectivity index (χ1) is 12.3. The first kappa shape index (κ1) is 24.5. The average molecular weight is 393 g/mol. The Morgan fingerprint density at radius 3 is 2.38 bits per heavy atom. The third kappa shape index (κ3) is 12.8. The quantitative estimate of drug-likeness (QED) is 0.164. The molecule has 0 aliphatic carbocycles. The predicted octanol–water partition coefficient (Wildman–Crippen LogP) is -0.362. The van der Waals surface area contributed by atoms with Crippen LogP contribution in [-0.4, -0.2) is 67.0 Å². The molecule has 6 N–H and O–H groups in total. The Bertz CT molecular complexity index is 437. The van der Waals surface area contributed by atoms with E-state index in [0.29, 0.717) is 18.1 Å². The van der Waals surface area contributed by atoms with Crippen molar-refractivity contribution in [2.75, 3.05) is 37.7 Å². The highest BCUT2D eigenvalue weighted by atomic mass is 32.2. The Balaban J connectivity index is 3.62. The Morgan fingerprint density at radius 1 is 1.12 bits per heavy atom. The lowest BCUT2D eigenvalue weighted by Gasteiger charge is -2.13. The fraction of sp³-hybridized carbons (Fsp3) is 0.812. The highest BCUT2D eigenvalue weighted by Crippen LogP contribution is 2.07. The van der Waals surface area contributed by atoms with Crippen LogP contribution >= 0.6 is 11.8 Å². The average Bonchev–Trinajstić information content (AvgIpc) is 2.61. The fourth-order valence-corrected chi connectivity index (χ4v) is 2.56. The molecule has 152 valence electrons. The van der Waals surface area contributed by atoms with Gasteiger partial charge in [-0.3, -0.25) is 9.59 Å². The Hall–Kier alpha value is -1.52. The van der Waals surface area contributed by atoms with Crippen molar-refractivity contribution in [1.82, 2.24) is 16.0 Å². The smallest absolute Gasteiger partial charge is 0.314 e. The van der Waals surface area contributed by atoms with E-state index >= 15 is 0 Å². The number of rotatable bonds is 13. The SMILES string of the molecule is CCC(C)C(=O)OCCNC(=O)NCCSCC(C)C(=O)NCC(N)O. The summed E-state index contributed by atoms with van der Waals surface area (Å²) in [6, 6.07) is -0.326. The van der Waals surface area contributed by atoms with E-state index in [2.05, 4.69) is 16.0 Å². The van der Waals surface area contributed by atoms with Crippen molar-refractivity contribution in [3.8, 4) is 0 Å². The van der Waals surface area contributed by atoms with Crippen molar-refractivity contribution < 1.29 is 24.2 Å². The molecular formula is C16H32N4O5S. The Morgan fingerprint density at radius 2 is 1.77 bits per heavy atom. The van der Waals surface area contributed by atoms with Crippen molar-refractivity contribution in [2.24, 2.45) is 17.6 Å². The number of aliphatic hydroxyl groups is 1. The number of carbonyl (C=O) groups is 3. The van der Waals surface area contributed by atoms with E-state index in [4.69, 9.17) is 15.6 Å². The molecule has 0 aromatic heterocycles. The minimum Gasteiger partial charge on any atom is -0.464 e. The number of carbonyl (C=O) groups excluding carboxylic acids is 3. The van der Waals surface area contributed by atoms with Gasteiger partial charge in [-0.2, -0.15) is 11.8 Å². The molecule has 9 nitrogen and oxygen atoms in total. The van der Waals surface area contributed by atoms with Crippen LogP contribution in [-0.2, 0) is 14.3 Å². The van der Waals surface area contributed by atoms with Crippen LogP contribution in [0.4, 0.5) is 4.79 Å². The molecule has 3 unspecified atom stereocenters. The molecule has 0 fully saturated rings. The van der Waals surface area contributed by atoms with E-state index in [1.54, 1.807) is 13.8 Å². The normalized spacial score (nSPS) is 14.0. The summed E-state index contributed by atoms with van der Waals surface area (Å²) in [6.07, 6.45) is -0.334. The largest absolute Gasteiger partial charge is 0.464 e. The summed E-state index contributed by atoms with van der Waals surface area (Å²) in [5.74, 6) is 0.484. The Kier molecular flexibility index (Phi) is 13.8. The summed E-state index contributed by atoms with van der Waals surface area (Å²) in [6.45, 7) is 6.38. The molecule has 26 heavy (non-hydrogen) atoms. The fourth-order valence-electron chi connectivity index (χ4n) is 1.64. The third-order valence-electron chi connectivity index (χ3n) is 3.48. The summed E-state index contributed by atoms with van der Waals surface area (Å²) in [5, 5.41) is 16.7. The molecule has 0 heterocycles. The zero-order valence-electron chi connectivity index (χ0n) is 15.7. The second-order valence-corrected chi connectivity index (χ2v) is 7.10. The van der Waals surface area contributed by atoms with Crippen molar-refractivity contribution in [1.29, 1.82) is 0 Å². The topological polar surface area (TPSA) is 143 Å². The van der Waals surface area contributed by atoms with E-state index in [1.165, 1.54) is 11.8 Å². The van der Waals surface area contributed by atoms with Gasteiger partial charge in [-0.1, -0.05) is 20.8 Å². The minimum atomic E-state index is -1.06. The van der Waals surface area contributed by atoms with Gasteiger partial charge in [-0.05, 0) is 6.42 Å². The van der Waals surface area contributed by atoms with Crippen LogP contribution < -0.4 is 21.7 Å². The lowest BCUT2D eigenvalue weighted by atomic mass is 10.1. The molecule has 0 rings (SSSR count). The van der Waals surface area contributed by atoms with Crippen LogP contribution in [0.1, 0.15) is 27.2 Å². The maximum atomic E-state index is 11.7. The molecule has 0 aliphatic heterocycles. The van der Waals surface area contributed by atoms with E-state index in [1.807, 2.05) is 6.92 Å². The van der Waals surface area contributed by atoms with Crippen molar-refractivity contribution in [3.63, 3.8) is 0 Å². The number of nitrogens with two attached hydrogens (primary N) is 1. The molecule has 0 aromatic carbocycles. The van der Waals surface area contributed by atoms with E-state index in [-0.39, 0.29) is 49.4 Å². The van der Waals surface area contributed by atoms with E-state index in [0.717, 1.165) is 6.42 Å². The van der Waals surface area contributed by atoms with Crippen molar-refractivity contribution in [2.45, 2.75) is 33.4 Å². The summed E-state index contributed by atoms with van der Waals surface area (Å²) >= 11 is 1.54. The zero-order valence-corrected chi connectivity index (χ0v) is 16.6. The summed E-state index contributed by atoms with van der Waals surface area (Å²) < 4.78 is 5.02.